The number of hydrogen-bond acceptors (Lipinski definition) is 5. The zero-order valence-corrected chi connectivity index (χ0v) is 18.2. The van der Waals surface area contributed by atoms with Gasteiger partial charge in [-0.3, -0.25) is 9.59 Å². The summed E-state index contributed by atoms with van der Waals surface area (Å²) in [6.07, 6.45) is 5.54. The van der Waals surface area contributed by atoms with Crippen LogP contribution in [0.3, 0.4) is 0 Å². The molecule has 1 aliphatic carbocycles. The van der Waals surface area contributed by atoms with Gasteiger partial charge in [0.25, 0.3) is 5.91 Å². The van der Waals surface area contributed by atoms with Crippen LogP contribution in [-0.2, 0) is 22.6 Å². The summed E-state index contributed by atoms with van der Waals surface area (Å²) in [6.45, 7) is 4.23. The van der Waals surface area contributed by atoms with E-state index in [4.69, 9.17) is 4.74 Å². The Kier molecular flexibility index (Phi) is 5.56. The number of carbonyl (C=O) groups excluding carboxylic acids is 3. The summed E-state index contributed by atoms with van der Waals surface area (Å²) in [5.74, 6) is -1.26. The lowest BCUT2D eigenvalue weighted by Crippen LogP contribution is -2.64. The van der Waals surface area contributed by atoms with Gasteiger partial charge in [-0.05, 0) is 37.8 Å². The molecule has 8 heteroatoms. The quantitative estimate of drug-likeness (QED) is 0.744. The van der Waals surface area contributed by atoms with Crippen LogP contribution in [-0.4, -0.2) is 50.9 Å². The van der Waals surface area contributed by atoms with E-state index < -0.39 is 17.4 Å². The van der Waals surface area contributed by atoms with Crippen molar-refractivity contribution in [3.63, 3.8) is 0 Å². The molecule has 2 aromatic rings. The number of methoxy groups -OCH3 is 1. The van der Waals surface area contributed by atoms with E-state index in [0.29, 0.717) is 0 Å². The lowest BCUT2D eigenvalue weighted by atomic mass is 9.92. The fraction of sp³-hybridized carbons (Fsp3) is 0.478. The third-order valence-corrected chi connectivity index (χ3v) is 6.51. The summed E-state index contributed by atoms with van der Waals surface area (Å²) in [4.78, 5) is 45.0. The lowest BCUT2D eigenvalue weighted by Gasteiger charge is -2.44. The van der Waals surface area contributed by atoms with Gasteiger partial charge in [-0.15, -0.1) is 0 Å². The molecule has 1 aromatic carbocycles. The van der Waals surface area contributed by atoms with Gasteiger partial charge in [-0.2, -0.15) is 0 Å². The molecule has 0 radical (unpaired) electrons. The maximum Gasteiger partial charge on any atom is 0.359 e. The van der Waals surface area contributed by atoms with Crippen molar-refractivity contribution in [3.8, 4) is 0 Å². The van der Waals surface area contributed by atoms with Crippen molar-refractivity contribution in [2.24, 2.45) is 0 Å². The van der Waals surface area contributed by atoms with Crippen LogP contribution >= 0.6 is 0 Å². The van der Waals surface area contributed by atoms with Crippen LogP contribution in [0.5, 0.6) is 0 Å². The lowest BCUT2D eigenvalue weighted by molar-refractivity contribution is -0.134. The number of aromatic nitrogens is 2. The smallest absolute Gasteiger partial charge is 0.359 e. The number of nitrogens with zero attached hydrogens (tertiary/aromatic N) is 3. The molecule has 1 aromatic heterocycles. The molecular weight excluding hydrogens is 396 g/mol. The molecular formula is C23H28N4O4. The van der Waals surface area contributed by atoms with Crippen LogP contribution < -0.4 is 5.32 Å². The van der Waals surface area contributed by atoms with E-state index in [0.717, 1.165) is 36.8 Å². The summed E-state index contributed by atoms with van der Waals surface area (Å²) in [7, 11) is 1.26. The van der Waals surface area contributed by atoms with Gasteiger partial charge < -0.3 is 19.5 Å². The first-order valence-electron chi connectivity index (χ1n) is 10.7. The van der Waals surface area contributed by atoms with E-state index in [1.807, 2.05) is 31.2 Å². The van der Waals surface area contributed by atoms with E-state index in [2.05, 4.69) is 10.3 Å². The number of hydrogen-bond donors (Lipinski definition) is 1. The highest BCUT2D eigenvalue weighted by molar-refractivity contribution is 6.06. The monoisotopic (exact) mass is 424 g/mol. The molecule has 2 heterocycles. The molecule has 164 valence electrons. The van der Waals surface area contributed by atoms with Crippen molar-refractivity contribution < 1.29 is 19.1 Å². The SMILES string of the molecule is COC(=O)c1ncn2c1C(=O)N(Cc1ccccc1C)C(C)(C(=O)NC1CCCC1)C2. The molecule has 0 bridgehead atoms. The van der Waals surface area contributed by atoms with Crippen LogP contribution in [0.25, 0.3) is 0 Å². The normalized spacial score (nSPS) is 21.1. The minimum absolute atomic E-state index is 0.0273. The van der Waals surface area contributed by atoms with Gasteiger partial charge in [0.05, 0.1) is 20.0 Å². The minimum Gasteiger partial charge on any atom is -0.464 e. The molecule has 0 saturated heterocycles. The van der Waals surface area contributed by atoms with Crippen LogP contribution in [0.1, 0.15) is 64.7 Å². The Bertz CT molecular complexity index is 1020. The van der Waals surface area contributed by atoms with Crippen molar-refractivity contribution in [2.75, 3.05) is 7.11 Å². The number of ether oxygens (including phenoxy) is 1. The third kappa shape index (κ3) is 3.71. The average molecular weight is 425 g/mol. The summed E-state index contributed by atoms with van der Waals surface area (Å²) in [5.41, 5.74) is 0.986. The molecule has 2 amide bonds. The van der Waals surface area contributed by atoms with Crippen LogP contribution in [0.15, 0.2) is 30.6 Å². The third-order valence-electron chi connectivity index (χ3n) is 6.51. The Hall–Kier alpha value is -3.16. The maximum absolute atomic E-state index is 13.7. The summed E-state index contributed by atoms with van der Waals surface area (Å²) >= 11 is 0. The molecule has 1 atom stereocenters. The molecule has 1 fully saturated rings. The fourth-order valence-corrected chi connectivity index (χ4v) is 4.55. The van der Waals surface area contributed by atoms with E-state index in [1.54, 1.807) is 16.4 Å². The van der Waals surface area contributed by atoms with Crippen molar-refractivity contribution in [1.29, 1.82) is 0 Å². The molecule has 1 unspecified atom stereocenters. The number of esters is 1. The van der Waals surface area contributed by atoms with Gasteiger partial charge in [0.1, 0.15) is 11.2 Å². The summed E-state index contributed by atoms with van der Waals surface area (Å²) in [5, 5.41) is 3.15. The number of rotatable bonds is 5. The number of aryl methyl sites for hydroxylation is 1. The topological polar surface area (TPSA) is 93.5 Å². The predicted molar refractivity (Wildman–Crippen MR) is 113 cm³/mol. The second-order valence-corrected chi connectivity index (χ2v) is 8.61. The Morgan fingerprint density at radius 2 is 1.97 bits per heavy atom. The highest BCUT2D eigenvalue weighted by atomic mass is 16.5. The first-order valence-corrected chi connectivity index (χ1v) is 10.7. The number of imidazole rings is 1. The van der Waals surface area contributed by atoms with Crippen LogP contribution in [0.2, 0.25) is 0 Å². The Morgan fingerprint density at radius 3 is 2.65 bits per heavy atom. The van der Waals surface area contributed by atoms with Gasteiger partial charge in [-0.1, -0.05) is 37.1 Å². The molecule has 1 N–H and O–H groups in total. The highest BCUT2D eigenvalue weighted by Gasteiger charge is 2.49. The molecule has 1 saturated carbocycles. The van der Waals surface area contributed by atoms with E-state index in [9.17, 15) is 14.4 Å². The molecule has 0 spiro atoms. The molecule has 31 heavy (non-hydrogen) atoms. The van der Waals surface area contributed by atoms with Gasteiger partial charge in [0, 0.05) is 12.6 Å². The average Bonchev–Trinajstić information content (AvgIpc) is 3.41. The number of carbonyl (C=O) groups is 3. The van der Waals surface area contributed by atoms with Crippen LogP contribution in [0.4, 0.5) is 0 Å². The Labute approximate surface area is 181 Å². The minimum atomic E-state index is -1.12. The molecule has 2 aliphatic rings. The van der Waals surface area contributed by atoms with E-state index in [1.165, 1.54) is 13.4 Å². The molecule has 8 nitrogen and oxygen atoms in total. The summed E-state index contributed by atoms with van der Waals surface area (Å²) in [6, 6.07) is 7.91. The van der Waals surface area contributed by atoms with E-state index >= 15 is 0 Å². The first kappa shape index (κ1) is 21.1. The Balaban J connectivity index is 1.75. The highest BCUT2D eigenvalue weighted by Crippen LogP contribution is 2.32. The van der Waals surface area contributed by atoms with Crippen molar-refractivity contribution in [1.82, 2.24) is 19.8 Å². The zero-order valence-electron chi connectivity index (χ0n) is 18.2. The van der Waals surface area contributed by atoms with Crippen molar-refractivity contribution in [2.45, 2.75) is 64.2 Å². The first-order chi connectivity index (χ1) is 14.8. The Morgan fingerprint density at radius 1 is 1.26 bits per heavy atom. The van der Waals surface area contributed by atoms with Crippen molar-refractivity contribution in [3.05, 3.63) is 53.1 Å². The summed E-state index contributed by atoms with van der Waals surface area (Å²) < 4.78 is 6.40. The van der Waals surface area contributed by atoms with Crippen molar-refractivity contribution >= 4 is 17.8 Å². The molecule has 4 rings (SSSR count). The molecule has 1 aliphatic heterocycles. The van der Waals surface area contributed by atoms with E-state index in [-0.39, 0.29) is 36.4 Å². The van der Waals surface area contributed by atoms with Crippen LogP contribution in [0, 0.1) is 6.92 Å². The second-order valence-electron chi connectivity index (χ2n) is 8.61. The zero-order chi connectivity index (χ0) is 22.2. The fourth-order valence-electron chi connectivity index (χ4n) is 4.55. The predicted octanol–water partition coefficient (Wildman–Crippen LogP) is 2.45. The number of fused-ring (bicyclic) bond motifs is 1. The largest absolute Gasteiger partial charge is 0.464 e. The number of benzene rings is 1. The standard InChI is InChI=1S/C23H28N4O4/c1-15-8-4-5-9-16(15)12-27-20(28)19-18(21(29)31-3)24-14-26(19)13-23(27,2)22(30)25-17-10-6-7-11-17/h4-5,8-9,14,17H,6-7,10-13H2,1-3H3,(H,25,30). The number of amides is 2. The van der Waals surface area contributed by atoms with Gasteiger partial charge >= 0.3 is 5.97 Å². The van der Waals surface area contributed by atoms with Gasteiger partial charge in [-0.25, -0.2) is 9.78 Å². The second kappa shape index (κ2) is 8.17. The number of nitrogens with one attached hydrogen (secondary N) is 1. The maximum atomic E-state index is 13.7. The van der Waals surface area contributed by atoms with Gasteiger partial charge in [0.15, 0.2) is 5.69 Å². The van der Waals surface area contributed by atoms with Gasteiger partial charge in [0.2, 0.25) is 5.91 Å².